The van der Waals surface area contributed by atoms with Crippen LogP contribution in [0.15, 0.2) is 11.6 Å². The molecule has 6 atom stereocenters. The molecule has 25 heavy (non-hydrogen) atoms. The standard InChI is InChI=1S/C23H36O2/c1-21(2,3)25-16-10-12-22(4)15(14-16)6-7-17-18-8-9-20(24)23(18,5)13-11-19(17)22/h6,16-19H,7-14H2,1-5H3/t16-,17+,18+,19+,22+,23+/m1/s1. The van der Waals surface area contributed by atoms with Gasteiger partial charge in [0.05, 0.1) is 11.7 Å². The van der Waals surface area contributed by atoms with Gasteiger partial charge in [-0.2, -0.15) is 0 Å². The monoisotopic (exact) mass is 344 g/mol. The number of ether oxygens (including phenoxy) is 1. The van der Waals surface area contributed by atoms with Gasteiger partial charge in [-0.25, -0.2) is 0 Å². The number of Topliss-reactive ketones (excluding diaryl/α,β-unsaturated/α-hetero) is 1. The van der Waals surface area contributed by atoms with Gasteiger partial charge < -0.3 is 4.74 Å². The molecule has 2 nitrogen and oxygen atoms in total. The van der Waals surface area contributed by atoms with Crippen LogP contribution in [-0.2, 0) is 9.53 Å². The van der Waals surface area contributed by atoms with Crippen LogP contribution in [0.5, 0.6) is 0 Å². The van der Waals surface area contributed by atoms with E-state index in [-0.39, 0.29) is 11.0 Å². The Morgan fingerprint density at radius 1 is 1.04 bits per heavy atom. The van der Waals surface area contributed by atoms with Crippen molar-refractivity contribution >= 4 is 5.78 Å². The van der Waals surface area contributed by atoms with E-state index in [1.54, 1.807) is 5.57 Å². The van der Waals surface area contributed by atoms with Gasteiger partial charge in [0.25, 0.3) is 0 Å². The number of allylic oxidation sites excluding steroid dienone is 1. The smallest absolute Gasteiger partial charge is 0.139 e. The van der Waals surface area contributed by atoms with Gasteiger partial charge in [-0.3, -0.25) is 4.79 Å². The van der Waals surface area contributed by atoms with E-state index >= 15 is 0 Å². The SMILES string of the molecule is CC(C)(C)O[C@@H]1CC[C@@]2(C)C(=CC[C@@H]3[C@@H]2CC[C@]2(C)C(=O)CC[C@@H]32)C1. The third kappa shape index (κ3) is 2.74. The third-order valence-electron chi connectivity index (χ3n) is 8.29. The summed E-state index contributed by atoms with van der Waals surface area (Å²) < 4.78 is 6.32. The molecule has 0 radical (unpaired) electrons. The lowest BCUT2D eigenvalue weighted by molar-refractivity contribution is -0.132. The predicted molar refractivity (Wildman–Crippen MR) is 101 cm³/mol. The Bertz CT molecular complexity index is 598. The van der Waals surface area contributed by atoms with Crippen molar-refractivity contribution < 1.29 is 9.53 Å². The molecule has 140 valence electrons. The summed E-state index contributed by atoms with van der Waals surface area (Å²) in [4.78, 5) is 12.5. The summed E-state index contributed by atoms with van der Waals surface area (Å²) in [5.74, 6) is 2.71. The molecule has 4 aliphatic rings. The van der Waals surface area contributed by atoms with E-state index in [0.29, 0.717) is 23.2 Å². The Hall–Kier alpha value is -0.630. The predicted octanol–water partition coefficient (Wildman–Crippen LogP) is 5.70. The maximum absolute atomic E-state index is 12.5. The van der Waals surface area contributed by atoms with Crippen LogP contribution >= 0.6 is 0 Å². The molecule has 0 N–H and O–H groups in total. The number of hydrogen-bond acceptors (Lipinski definition) is 2. The molecule has 0 aliphatic heterocycles. The second-order valence-electron chi connectivity index (χ2n) is 10.8. The van der Waals surface area contributed by atoms with E-state index in [0.717, 1.165) is 37.5 Å². The first-order valence-electron chi connectivity index (χ1n) is 10.5. The summed E-state index contributed by atoms with van der Waals surface area (Å²) in [7, 11) is 0. The summed E-state index contributed by atoms with van der Waals surface area (Å²) in [6.07, 6.45) is 12.1. The molecule has 2 heteroatoms. The average Bonchev–Trinajstić information content (AvgIpc) is 2.82. The highest BCUT2D eigenvalue weighted by Crippen LogP contribution is 2.64. The fraction of sp³-hybridized carbons (Fsp3) is 0.870. The number of ketones is 1. The average molecular weight is 345 g/mol. The Morgan fingerprint density at radius 2 is 1.72 bits per heavy atom. The van der Waals surface area contributed by atoms with Crippen molar-refractivity contribution in [2.45, 2.75) is 97.7 Å². The minimum atomic E-state index is -0.0486. The van der Waals surface area contributed by atoms with Crippen molar-refractivity contribution in [1.82, 2.24) is 0 Å². The van der Waals surface area contributed by atoms with Crippen LogP contribution in [0.3, 0.4) is 0 Å². The van der Waals surface area contributed by atoms with E-state index in [9.17, 15) is 4.79 Å². The highest BCUT2D eigenvalue weighted by Gasteiger charge is 2.58. The summed E-state index contributed by atoms with van der Waals surface area (Å²) >= 11 is 0. The molecule has 3 fully saturated rings. The summed E-state index contributed by atoms with van der Waals surface area (Å²) in [5, 5.41) is 0. The van der Waals surface area contributed by atoms with Crippen molar-refractivity contribution in [2.75, 3.05) is 0 Å². The maximum Gasteiger partial charge on any atom is 0.139 e. The topological polar surface area (TPSA) is 26.3 Å². The fourth-order valence-electron chi connectivity index (χ4n) is 7.00. The zero-order chi connectivity index (χ0) is 18.0. The van der Waals surface area contributed by atoms with Crippen LogP contribution < -0.4 is 0 Å². The zero-order valence-corrected chi connectivity index (χ0v) is 16.9. The van der Waals surface area contributed by atoms with Crippen molar-refractivity contribution in [2.24, 2.45) is 28.6 Å². The number of carbonyl (C=O) groups is 1. The Balaban J connectivity index is 1.57. The number of hydrogen-bond donors (Lipinski definition) is 0. The van der Waals surface area contributed by atoms with Gasteiger partial charge in [0.2, 0.25) is 0 Å². The molecule has 3 saturated carbocycles. The van der Waals surface area contributed by atoms with E-state index in [1.165, 1.54) is 25.7 Å². The first-order chi connectivity index (χ1) is 11.6. The minimum absolute atomic E-state index is 0.00455. The molecule has 0 amide bonds. The van der Waals surface area contributed by atoms with Crippen molar-refractivity contribution in [1.29, 1.82) is 0 Å². The van der Waals surface area contributed by atoms with Crippen molar-refractivity contribution in [3.63, 3.8) is 0 Å². The summed E-state index contributed by atoms with van der Waals surface area (Å²) in [5.41, 5.74) is 1.97. The quantitative estimate of drug-likeness (QED) is 0.570. The second kappa shape index (κ2) is 5.68. The first kappa shape index (κ1) is 17.8. The summed E-state index contributed by atoms with van der Waals surface area (Å²) in [6, 6.07) is 0. The zero-order valence-electron chi connectivity index (χ0n) is 16.9. The molecule has 0 spiro atoms. The molecule has 0 bridgehead atoms. The third-order valence-corrected chi connectivity index (χ3v) is 8.29. The Kier molecular flexibility index (Phi) is 4.04. The van der Waals surface area contributed by atoms with Gasteiger partial charge in [0.15, 0.2) is 0 Å². The van der Waals surface area contributed by atoms with Gasteiger partial charge in [0.1, 0.15) is 5.78 Å². The number of carbonyl (C=O) groups excluding carboxylic acids is 1. The van der Waals surface area contributed by atoms with Crippen LogP contribution in [-0.4, -0.2) is 17.5 Å². The molecule has 4 aliphatic carbocycles. The van der Waals surface area contributed by atoms with Crippen LogP contribution in [0.4, 0.5) is 0 Å². The van der Waals surface area contributed by atoms with Crippen LogP contribution in [0.25, 0.3) is 0 Å². The number of fused-ring (bicyclic) bond motifs is 5. The lowest BCUT2D eigenvalue weighted by Crippen LogP contribution is -2.50. The lowest BCUT2D eigenvalue weighted by Gasteiger charge is -2.57. The summed E-state index contributed by atoms with van der Waals surface area (Å²) in [6.45, 7) is 11.3. The van der Waals surface area contributed by atoms with Crippen LogP contribution in [0.1, 0.15) is 86.0 Å². The van der Waals surface area contributed by atoms with Crippen molar-refractivity contribution in [3.05, 3.63) is 11.6 Å². The lowest BCUT2D eigenvalue weighted by atomic mass is 9.48. The van der Waals surface area contributed by atoms with E-state index in [4.69, 9.17) is 4.74 Å². The van der Waals surface area contributed by atoms with E-state index in [1.807, 2.05) is 0 Å². The molecule has 4 rings (SSSR count). The largest absolute Gasteiger partial charge is 0.372 e. The van der Waals surface area contributed by atoms with Crippen LogP contribution in [0.2, 0.25) is 0 Å². The molecular weight excluding hydrogens is 308 g/mol. The Morgan fingerprint density at radius 3 is 2.44 bits per heavy atom. The van der Waals surface area contributed by atoms with Crippen LogP contribution in [0, 0.1) is 28.6 Å². The first-order valence-corrected chi connectivity index (χ1v) is 10.5. The number of rotatable bonds is 1. The minimum Gasteiger partial charge on any atom is -0.372 e. The highest BCUT2D eigenvalue weighted by molar-refractivity contribution is 5.87. The van der Waals surface area contributed by atoms with E-state index < -0.39 is 0 Å². The van der Waals surface area contributed by atoms with Gasteiger partial charge in [-0.1, -0.05) is 25.5 Å². The normalized spacial score (nSPS) is 46.9. The molecule has 0 aromatic carbocycles. The van der Waals surface area contributed by atoms with Gasteiger partial charge in [-0.05, 0) is 88.9 Å². The fourth-order valence-corrected chi connectivity index (χ4v) is 7.00. The molecule has 0 saturated heterocycles. The van der Waals surface area contributed by atoms with Gasteiger partial charge >= 0.3 is 0 Å². The maximum atomic E-state index is 12.5. The molecular formula is C23H36O2. The van der Waals surface area contributed by atoms with Crippen molar-refractivity contribution in [3.8, 4) is 0 Å². The molecule has 0 unspecified atom stereocenters. The molecule has 0 aromatic rings. The van der Waals surface area contributed by atoms with Gasteiger partial charge in [0, 0.05) is 11.8 Å². The Labute approximate surface area is 153 Å². The molecule has 0 heterocycles. The molecule has 0 aromatic heterocycles. The van der Waals surface area contributed by atoms with E-state index in [2.05, 4.69) is 40.7 Å². The second-order valence-corrected chi connectivity index (χ2v) is 10.8. The highest BCUT2D eigenvalue weighted by atomic mass is 16.5. The van der Waals surface area contributed by atoms with Gasteiger partial charge in [-0.15, -0.1) is 0 Å².